The van der Waals surface area contributed by atoms with Crippen LogP contribution in [0.1, 0.15) is 6.42 Å². The van der Waals surface area contributed by atoms with Crippen LogP contribution < -0.4 is 11.1 Å². The van der Waals surface area contributed by atoms with E-state index < -0.39 is 16.6 Å². The van der Waals surface area contributed by atoms with Crippen LogP contribution in [-0.2, 0) is 15.6 Å². The molecule has 0 aromatic heterocycles. The number of hydrogen-bond donors (Lipinski definition) is 2. The lowest BCUT2D eigenvalue weighted by molar-refractivity contribution is -0.115. The first-order valence-corrected chi connectivity index (χ1v) is 7.66. The van der Waals surface area contributed by atoms with Crippen LogP contribution in [0, 0.1) is 5.82 Å². The predicted octanol–water partition coefficient (Wildman–Crippen LogP) is 2.54. The number of halogens is 1. The Morgan fingerprint density at radius 2 is 1.95 bits per heavy atom. The third-order valence-electron chi connectivity index (χ3n) is 2.74. The van der Waals surface area contributed by atoms with E-state index in [2.05, 4.69) is 5.32 Å². The molecule has 0 aliphatic heterocycles. The topological polar surface area (TPSA) is 72.2 Å². The molecule has 110 valence electrons. The van der Waals surface area contributed by atoms with Crippen LogP contribution in [0.2, 0.25) is 0 Å². The summed E-state index contributed by atoms with van der Waals surface area (Å²) in [5.41, 5.74) is 6.76. The molecule has 0 saturated carbocycles. The molecular weight excluding hydrogens is 291 g/mol. The van der Waals surface area contributed by atoms with Gasteiger partial charge in [-0.05, 0) is 36.4 Å². The van der Waals surface area contributed by atoms with E-state index in [1.54, 1.807) is 30.3 Å². The van der Waals surface area contributed by atoms with Gasteiger partial charge in [-0.15, -0.1) is 0 Å². The highest BCUT2D eigenvalue weighted by Crippen LogP contribution is 2.13. The van der Waals surface area contributed by atoms with Crippen LogP contribution in [0.25, 0.3) is 0 Å². The minimum Gasteiger partial charge on any atom is -0.399 e. The Morgan fingerprint density at radius 1 is 1.19 bits per heavy atom. The van der Waals surface area contributed by atoms with Crippen molar-refractivity contribution in [2.75, 3.05) is 16.8 Å². The Morgan fingerprint density at radius 3 is 2.67 bits per heavy atom. The van der Waals surface area contributed by atoms with Gasteiger partial charge in [-0.25, -0.2) is 4.39 Å². The molecule has 0 bridgehead atoms. The van der Waals surface area contributed by atoms with Gasteiger partial charge in [0.1, 0.15) is 5.82 Å². The second kappa shape index (κ2) is 6.99. The zero-order chi connectivity index (χ0) is 15.2. The summed E-state index contributed by atoms with van der Waals surface area (Å²) in [6.07, 6.45) is 0.0813. The molecule has 0 heterocycles. The highest BCUT2D eigenvalue weighted by atomic mass is 32.2. The number of carbonyl (C=O) groups is 1. The maximum atomic E-state index is 13.0. The summed E-state index contributed by atoms with van der Waals surface area (Å²) >= 11 is 0. The second-order valence-corrected chi connectivity index (χ2v) is 6.00. The van der Waals surface area contributed by atoms with Crippen LogP contribution in [0.15, 0.2) is 53.4 Å². The molecule has 0 aliphatic rings. The van der Waals surface area contributed by atoms with Crippen molar-refractivity contribution in [1.29, 1.82) is 0 Å². The van der Waals surface area contributed by atoms with Gasteiger partial charge in [0.05, 0.1) is 10.8 Å². The second-order valence-electron chi connectivity index (χ2n) is 4.43. The number of hydrogen-bond acceptors (Lipinski definition) is 3. The number of nitrogens with two attached hydrogens (primary N) is 1. The number of anilines is 2. The lowest BCUT2D eigenvalue weighted by atomic mass is 10.3. The molecule has 0 aliphatic carbocycles. The molecule has 2 aromatic carbocycles. The molecule has 0 saturated heterocycles. The molecule has 0 spiro atoms. The fourth-order valence-corrected chi connectivity index (χ4v) is 2.83. The SMILES string of the molecule is Nc1cccc(NC(=O)CCS(=O)c2cccc(F)c2)c1. The third kappa shape index (κ3) is 4.68. The van der Waals surface area contributed by atoms with Gasteiger partial charge in [-0.2, -0.15) is 0 Å². The van der Waals surface area contributed by atoms with Gasteiger partial charge in [0, 0.05) is 28.4 Å². The Hall–Kier alpha value is -2.21. The smallest absolute Gasteiger partial charge is 0.225 e. The molecule has 0 fully saturated rings. The van der Waals surface area contributed by atoms with Crippen molar-refractivity contribution in [3.05, 3.63) is 54.3 Å². The highest BCUT2D eigenvalue weighted by molar-refractivity contribution is 7.85. The summed E-state index contributed by atoms with van der Waals surface area (Å²) < 4.78 is 25.0. The van der Waals surface area contributed by atoms with E-state index in [4.69, 9.17) is 5.73 Å². The summed E-state index contributed by atoms with van der Waals surface area (Å²) in [5.74, 6) is -0.562. The lowest BCUT2D eigenvalue weighted by Crippen LogP contribution is -2.15. The minimum atomic E-state index is -1.40. The minimum absolute atomic E-state index is 0.0813. The molecule has 4 nitrogen and oxygen atoms in total. The van der Waals surface area contributed by atoms with Gasteiger partial charge in [0.25, 0.3) is 0 Å². The molecular formula is C15H15FN2O2S. The van der Waals surface area contributed by atoms with Gasteiger partial charge in [-0.3, -0.25) is 9.00 Å². The van der Waals surface area contributed by atoms with Gasteiger partial charge in [0.15, 0.2) is 0 Å². The van der Waals surface area contributed by atoms with E-state index in [1.807, 2.05) is 0 Å². The number of nitrogens with one attached hydrogen (secondary N) is 1. The van der Waals surface area contributed by atoms with Crippen LogP contribution in [-0.4, -0.2) is 15.9 Å². The van der Waals surface area contributed by atoms with Gasteiger partial charge >= 0.3 is 0 Å². The van der Waals surface area contributed by atoms with Crippen molar-refractivity contribution in [2.45, 2.75) is 11.3 Å². The summed E-state index contributed by atoms with van der Waals surface area (Å²) in [5, 5.41) is 2.67. The van der Waals surface area contributed by atoms with Crippen LogP contribution in [0.4, 0.5) is 15.8 Å². The van der Waals surface area contributed by atoms with Crippen molar-refractivity contribution in [1.82, 2.24) is 0 Å². The Labute approximate surface area is 124 Å². The number of carbonyl (C=O) groups excluding carboxylic acids is 1. The lowest BCUT2D eigenvalue weighted by Gasteiger charge is -2.06. The fourth-order valence-electron chi connectivity index (χ4n) is 1.75. The molecule has 2 aromatic rings. The number of amides is 1. The zero-order valence-corrected chi connectivity index (χ0v) is 12.0. The first kappa shape index (κ1) is 15.2. The first-order chi connectivity index (χ1) is 10.0. The zero-order valence-electron chi connectivity index (χ0n) is 11.2. The summed E-state index contributed by atoms with van der Waals surface area (Å²) in [7, 11) is -1.40. The monoisotopic (exact) mass is 306 g/mol. The average Bonchev–Trinajstić information content (AvgIpc) is 2.45. The standard InChI is InChI=1S/C15H15FN2O2S/c16-11-3-1-6-14(9-11)21(20)8-7-15(19)18-13-5-2-4-12(17)10-13/h1-6,9-10H,7-8,17H2,(H,18,19). The average molecular weight is 306 g/mol. The summed E-state index contributed by atoms with van der Waals surface area (Å²) in [4.78, 5) is 12.1. The maximum Gasteiger partial charge on any atom is 0.225 e. The summed E-state index contributed by atoms with van der Waals surface area (Å²) in [6.45, 7) is 0. The maximum absolute atomic E-state index is 13.0. The number of benzene rings is 2. The molecule has 1 unspecified atom stereocenters. The van der Waals surface area contributed by atoms with E-state index >= 15 is 0 Å². The van der Waals surface area contributed by atoms with E-state index in [-0.39, 0.29) is 18.1 Å². The van der Waals surface area contributed by atoms with E-state index in [9.17, 15) is 13.4 Å². The Kier molecular flexibility index (Phi) is 5.05. The largest absolute Gasteiger partial charge is 0.399 e. The quantitative estimate of drug-likeness (QED) is 0.834. The fraction of sp³-hybridized carbons (Fsp3) is 0.133. The molecule has 1 amide bonds. The number of nitrogen functional groups attached to an aromatic ring is 1. The van der Waals surface area contributed by atoms with Gasteiger partial charge in [-0.1, -0.05) is 12.1 Å². The number of rotatable bonds is 5. The van der Waals surface area contributed by atoms with Crippen LogP contribution in [0.3, 0.4) is 0 Å². The van der Waals surface area contributed by atoms with Crippen molar-refractivity contribution < 1.29 is 13.4 Å². The van der Waals surface area contributed by atoms with Crippen molar-refractivity contribution >= 4 is 28.1 Å². The van der Waals surface area contributed by atoms with Crippen molar-refractivity contribution in [3.8, 4) is 0 Å². The normalized spacial score (nSPS) is 11.9. The molecule has 1 atom stereocenters. The van der Waals surface area contributed by atoms with E-state index in [0.717, 1.165) is 0 Å². The van der Waals surface area contributed by atoms with Crippen LogP contribution >= 0.6 is 0 Å². The van der Waals surface area contributed by atoms with E-state index in [1.165, 1.54) is 18.2 Å². The van der Waals surface area contributed by atoms with Gasteiger partial charge < -0.3 is 11.1 Å². The Balaban J connectivity index is 1.88. The van der Waals surface area contributed by atoms with Crippen LogP contribution in [0.5, 0.6) is 0 Å². The Bertz CT molecular complexity index is 676. The van der Waals surface area contributed by atoms with Crippen molar-refractivity contribution in [3.63, 3.8) is 0 Å². The van der Waals surface area contributed by atoms with E-state index in [0.29, 0.717) is 16.3 Å². The summed E-state index contributed by atoms with van der Waals surface area (Å²) in [6, 6.07) is 12.4. The third-order valence-corrected chi connectivity index (χ3v) is 4.10. The van der Waals surface area contributed by atoms with Crippen molar-refractivity contribution in [2.24, 2.45) is 0 Å². The molecule has 3 N–H and O–H groups in total. The molecule has 2 rings (SSSR count). The highest BCUT2D eigenvalue weighted by Gasteiger charge is 2.09. The molecule has 0 radical (unpaired) electrons. The first-order valence-electron chi connectivity index (χ1n) is 6.34. The molecule has 6 heteroatoms. The predicted molar refractivity (Wildman–Crippen MR) is 81.8 cm³/mol. The molecule has 21 heavy (non-hydrogen) atoms. The van der Waals surface area contributed by atoms with Gasteiger partial charge in [0.2, 0.25) is 5.91 Å².